The molecular weight excluding hydrogens is 143 g/mol. The van der Waals surface area contributed by atoms with E-state index in [1.165, 1.54) is 4.68 Å². The minimum absolute atomic E-state index is 0.432. The molecule has 0 aliphatic rings. The number of hydrogen-bond acceptors (Lipinski definition) is 3. The minimum atomic E-state index is -1.42. The quantitative estimate of drug-likeness (QED) is 0.518. The van der Waals surface area contributed by atoms with E-state index < -0.39 is 7.12 Å². The van der Waals surface area contributed by atoms with Crippen molar-refractivity contribution in [3.63, 3.8) is 0 Å². The van der Waals surface area contributed by atoms with Crippen LogP contribution in [0.5, 0.6) is 0 Å². The molecule has 0 bridgehead atoms. The molecule has 2 N–H and O–H groups in total. The molecule has 5 heteroatoms. The average Bonchev–Trinajstić information content (AvgIpc) is 2.30. The second-order valence-corrected chi connectivity index (χ2v) is 2.41. The molecule has 1 aromatic heterocycles. The molecule has 0 amide bonds. The third-order valence-corrected chi connectivity index (χ3v) is 1.59. The topological polar surface area (TPSA) is 58.3 Å². The van der Waals surface area contributed by atoms with Crippen LogP contribution in [0, 0.1) is 0 Å². The second-order valence-electron chi connectivity index (χ2n) is 2.41. The normalized spacial score (nSPS) is 10.2. The molecule has 0 spiro atoms. The average molecular weight is 154 g/mol. The molecule has 0 aliphatic heterocycles. The van der Waals surface area contributed by atoms with Gasteiger partial charge in [0.2, 0.25) is 0 Å². The summed E-state index contributed by atoms with van der Waals surface area (Å²) in [5.74, 6) is 0. The molecule has 1 aromatic rings. The lowest BCUT2D eigenvalue weighted by atomic mass is 9.86. The van der Waals surface area contributed by atoms with E-state index >= 15 is 0 Å². The number of hydrogen-bond donors (Lipinski definition) is 2. The molecule has 1 heterocycles. The lowest BCUT2D eigenvalue weighted by molar-refractivity contribution is 0.421. The van der Waals surface area contributed by atoms with Crippen molar-refractivity contribution in [2.75, 3.05) is 0 Å². The fourth-order valence-corrected chi connectivity index (χ4v) is 0.958. The molecular formula is C6H11BN2O2. The Morgan fingerprint density at radius 1 is 1.64 bits per heavy atom. The minimum Gasteiger partial charge on any atom is -0.422 e. The van der Waals surface area contributed by atoms with Crippen LogP contribution >= 0.6 is 0 Å². The van der Waals surface area contributed by atoms with Crippen molar-refractivity contribution in [2.45, 2.75) is 13.3 Å². The first-order valence-corrected chi connectivity index (χ1v) is 3.54. The zero-order chi connectivity index (χ0) is 8.43. The third kappa shape index (κ3) is 1.61. The van der Waals surface area contributed by atoms with Gasteiger partial charge in [-0.2, -0.15) is 5.10 Å². The standard InChI is InChI=1S/C6H11BN2O2/c1-3-5-4-6(7(10)11)9(2)8-5/h4,10-11H,3H2,1-2H3. The van der Waals surface area contributed by atoms with Crippen LogP contribution in [-0.2, 0) is 13.5 Å². The van der Waals surface area contributed by atoms with Crippen molar-refractivity contribution in [2.24, 2.45) is 7.05 Å². The molecule has 60 valence electrons. The van der Waals surface area contributed by atoms with Gasteiger partial charge in [0, 0.05) is 7.05 Å². The van der Waals surface area contributed by atoms with Crippen LogP contribution in [0.3, 0.4) is 0 Å². The third-order valence-electron chi connectivity index (χ3n) is 1.59. The van der Waals surface area contributed by atoms with Gasteiger partial charge in [-0.1, -0.05) is 6.92 Å². The molecule has 11 heavy (non-hydrogen) atoms. The summed E-state index contributed by atoms with van der Waals surface area (Å²) in [6, 6.07) is 1.69. The second kappa shape index (κ2) is 3.06. The van der Waals surface area contributed by atoms with Gasteiger partial charge < -0.3 is 10.0 Å². The SMILES string of the molecule is CCc1cc(B(O)O)n(C)n1. The Hall–Kier alpha value is -0.805. The fraction of sp³-hybridized carbons (Fsp3) is 0.500. The summed E-state index contributed by atoms with van der Waals surface area (Å²) in [4.78, 5) is 0. The zero-order valence-electron chi connectivity index (χ0n) is 6.65. The van der Waals surface area contributed by atoms with Crippen molar-refractivity contribution < 1.29 is 10.0 Å². The zero-order valence-corrected chi connectivity index (χ0v) is 6.65. The lowest BCUT2D eigenvalue weighted by Gasteiger charge is -1.96. The van der Waals surface area contributed by atoms with E-state index in [9.17, 15) is 0 Å². The maximum atomic E-state index is 8.81. The van der Waals surface area contributed by atoms with Gasteiger partial charge in [-0.25, -0.2) is 0 Å². The van der Waals surface area contributed by atoms with Crippen LogP contribution in [-0.4, -0.2) is 26.9 Å². The van der Waals surface area contributed by atoms with E-state index in [1.807, 2.05) is 6.92 Å². The molecule has 0 atom stereocenters. The number of rotatable bonds is 2. The van der Waals surface area contributed by atoms with Crippen LogP contribution in [0.2, 0.25) is 0 Å². The Kier molecular flexibility index (Phi) is 2.31. The smallest absolute Gasteiger partial charge is 0.422 e. The van der Waals surface area contributed by atoms with E-state index in [-0.39, 0.29) is 0 Å². The van der Waals surface area contributed by atoms with Gasteiger partial charge in [0.1, 0.15) is 0 Å². The summed E-state index contributed by atoms with van der Waals surface area (Å²) in [5, 5.41) is 21.7. The highest BCUT2D eigenvalue weighted by Gasteiger charge is 2.16. The van der Waals surface area contributed by atoms with Crippen LogP contribution < -0.4 is 5.59 Å². The van der Waals surface area contributed by atoms with Crippen molar-refractivity contribution >= 4 is 12.7 Å². The Morgan fingerprint density at radius 2 is 2.27 bits per heavy atom. The molecule has 0 aliphatic carbocycles. The highest BCUT2D eigenvalue weighted by molar-refractivity contribution is 6.57. The van der Waals surface area contributed by atoms with Gasteiger partial charge in [-0.15, -0.1) is 0 Å². The maximum absolute atomic E-state index is 8.81. The van der Waals surface area contributed by atoms with E-state index in [0.29, 0.717) is 5.59 Å². The number of aromatic nitrogens is 2. The summed E-state index contributed by atoms with van der Waals surface area (Å²) in [5.41, 5.74) is 1.30. The first kappa shape index (κ1) is 8.29. The highest BCUT2D eigenvalue weighted by atomic mass is 16.4. The molecule has 0 saturated heterocycles. The molecule has 0 unspecified atom stereocenters. The van der Waals surface area contributed by atoms with Gasteiger partial charge in [-0.3, -0.25) is 4.68 Å². The monoisotopic (exact) mass is 154 g/mol. The van der Waals surface area contributed by atoms with E-state index in [0.717, 1.165) is 12.1 Å². The maximum Gasteiger partial charge on any atom is 0.507 e. The number of aryl methyl sites for hydroxylation is 2. The van der Waals surface area contributed by atoms with Gasteiger partial charge in [0.25, 0.3) is 0 Å². The van der Waals surface area contributed by atoms with Crippen molar-refractivity contribution in [1.29, 1.82) is 0 Å². The molecule has 0 fully saturated rings. The van der Waals surface area contributed by atoms with E-state index in [4.69, 9.17) is 10.0 Å². The van der Waals surface area contributed by atoms with Gasteiger partial charge in [0.15, 0.2) is 0 Å². The summed E-state index contributed by atoms with van der Waals surface area (Å²) < 4.78 is 1.48. The fourth-order valence-electron chi connectivity index (χ4n) is 0.958. The van der Waals surface area contributed by atoms with Crippen LogP contribution in [0.15, 0.2) is 6.07 Å². The van der Waals surface area contributed by atoms with Gasteiger partial charge in [-0.05, 0) is 12.5 Å². The largest absolute Gasteiger partial charge is 0.507 e. The van der Waals surface area contributed by atoms with Crippen LogP contribution in [0.25, 0.3) is 0 Å². The highest BCUT2D eigenvalue weighted by Crippen LogP contribution is 1.92. The van der Waals surface area contributed by atoms with Crippen molar-refractivity contribution in [3.8, 4) is 0 Å². The Bertz CT molecular complexity index is 247. The Labute approximate surface area is 65.6 Å². The molecule has 0 radical (unpaired) electrons. The van der Waals surface area contributed by atoms with Crippen LogP contribution in [0.4, 0.5) is 0 Å². The molecule has 0 aromatic carbocycles. The lowest BCUT2D eigenvalue weighted by Crippen LogP contribution is -2.35. The number of nitrogens with zero attached hydrogens (tertiary/aromatic N) is 2. The van der Waals surface area contributed by atoms with Crippen molar-refractivity contribution in [1.82, 2.24) is 9.78 Å². The van der Waals surface area contributed by atoms with Crippen LogP contribution in [0.1, 0.15) is 12.6 Å². The molecule has 4 nitrogen and oxygen atoms in total. The summed E-state index contributed by atoms with van der Waals surface area (Å²) >= 11 is 0. The Morgan fingerprint density at radius 3 is 2.55 bits per heavy atom. The van der Waals surface area contributed by atoms with Gasteiger partial charge >= 0.3 is 7.12 Å². The summed E-state index contributed by atoms with van der Waals surface area (Å²) in [6.07, 6.45) is 0.806. The Balaban J connectivity index is 2.97. The summed E-state index contributed by atoms with van der Waals surface area (Å²) in [7, 11) is 0.265. The predicted molar refractivity (Wildman–Crippen MR) is 42.4 cm³/mol. The molecule has 0 saturated carbocycles. The van der Waals surface area contributed by atoms with E-state index in [2.05, 4.69) is 5.10 Å². The molecule has 1 rings (SSSR count). The summed E-state index contributed by atoms with van der Waals surface area (Å²) in [6.45, 7) is 1.97. The van der Waals surface area contributed by atoms with E-state index in [1.54, 1.807) is 13.1 Å². The first-order chi connectivity index (χ1) is 5.15. The first-order valence-electron chi connectivity index (χ1n) is 3.54. The predicted octanol–water partition coefficient (Wildman–Crippen LogP) is -1.34. The van der Waals surface area contributed by atoms with Gasteiger partial charge in [0.05, 0.1) is 11.3 Å². The van der Waals surface area contributed by atoms with Crippen molar-refractivity contribution in [3.05, 3.63) is 11.8 Å².